The van der Waals surface area contributed by atoms with Gasteiger partial charge in [-0.25, -0.2) is 0 Å². The summed E-state index contributed by atoms with van der Waals surface area (Å²) < 4.78 is 1.14. The fourth-order valence-corrected chi connectivity index (χ4v) is 3.71. The summed E-state index contributed by atoms with van der Waals surface area (Å²) in [6, 6.07) is 9.40. The van der Waals surface area contributed by atoms with Gasteiger partial charge < -0.3 is 5.32 Å². The van der Waals surface area contributed by atoms with Crippen LogP contribution in [0.3, 0.4) is 0 Å². The monoisotopic (exact) mass is 377 g/mol. The third-order valence-corrected chi connectivity index (χ3v) is 5.94. The zero-order valence-electron chi connectivity index (χ0n) is 15.2. The Morgan fingerprint density at radius 3 is 2.30 bits per heavy atom. The molecule has 0 bridgehead atoms. The van der Waals surface area contributed by atoms with E-state index in [9.17, 15) is 0 Å². The molecule has 2 heteroatoms. The van der Waals surface area contributed by atoms with Crippen LogP contribution < -0.4 is 5.32 Å². The van der Waals surface area contributed by atoms with E-state index >= 15 is 0 Å². The van der Waals surface area contributed by atoms with Crippen molar-refractivity contribution in [3.8, 4) is 0 Å². The number of hydrogen-bond donors (Lipinski definition) is 1. The van der Waals surface area contributed by atoms with Crippen molar-refractivity contribution in [2.24, 2.45) is 11.3 Å². The summed E-state index contributed by atoms with van der Waals surface area (Å²) in [5, 5.41) is 3.84. The largest absolute Gasteiger partial charge is 0.313 e. The van der Waals surface area contributed by atoms with Crippen molar-refractivity contribution in [2.75, 3.05) is 6.54 Å². The number of nitrogens with one attached hydrogen (secondary N) is 1. The van der Waals surface area contributed by atoms with Crippen molar-refractivity contribution in [1.82, 2.24) is 5.32 Å². The Morgan fingerprint density at radius 1 is 1.22 bits per heavy atom. The fraction of sp³-hybridized carbons (Fsp3) is 0.619. The lowest BCUT2D eigenvalue weighted by molar-refractivity contribution is 0.206. The summed E-state index contributed by atoms with van der Waals surface area (Å²) in [5.41, 5.74) is 3.23. The van der Waals surface area contributed by atoms with E-state index < -0.39 is 0 Å². The molecular formula is C21H32BrN. The molecule has 1 fully saturated rings. The molecule has 128 valence electrons. The zero-order valence-corrected chi connectivity index (χ0v) is 16.7. The van der Waals surface area contributed by atoms with Crippen molar-refractivity contribution < 1.29 is 0 Å². The number of hydrogen-bond acceptors (Lipinski definition) is 1. The standard InChI is InChI=1S/C21H32BrN/c1-15(2)16(3)20(17-6-8-18(22)9-7-17)14-23-19-10-12-21(4,5)13-11-19/h6-9,15,19-20,23H,3,10-14H2,1-2,4-5H3/t20-/m0/s1. The molecular weight excluding hydrogens is 346 g/mol. The molecule has 23 heavy (non-hydrogen) atoms. The predicted octanol–water partition coefficient (Wildman–Crippen LogP) is 6.30. The molecule has 0 radical (unpaired) electrons. The third kappa shape index (κ3) is 5.46. The van der Waals surface area contributed by atoms with Crippen LogP contribution in [0.25, 0.3) is 0 Å². The van der Waals surface area contributed by atoms with E-state index in [0.717, 1.165) is 11.0 Å². The summed E-state index contributed by atoms with van der Waals surface area (Å²) in [4.78, 5) is 0. The number of benzene rings is 1. The Labute approximate surface area is 151 Å². The molecule has 2 rings (SSSR count). The van der Waals surface area contributed by atoms with Gasteiger partial charge in [0.05, 0.1) is 0 Å². The smallest absolute Gasteiger partial charge is 0.0175 e. The predicted molar refractivity (Wildman–Crippen MR) is 105 cm³/mol. The lowest BCUT2D eigenvalue weighted by Gasteiger charge is -2.35. The van der Waals surface area contributed by atoms with Crippen LogP contribution in [-0.4, -0.2) is 12.6 Å². The molecule has 0 aliphatic heterocycles. The topological polar surface area (TPSA) is 12.0 Å². The van der Waals surface area contributed by atoms with Gasteiger partial charge in [-0.3, -0.25) is 0 Å². The van der Waals surface area contributed by atoms with Crippen LogP contribution in [0.15, 0.2) is 40.9 Å². The van der Waals surface area contributed by atoms with Gasteiger partial charge in [-0.2, -0.15) is 0 Å². The highest BCUT2D eigenvalue weighted by Gasteiger charge is 2.27. The van der Waals surface area contributed by atoms with Gasteiger partial charge in [0.2, 0.25) is 0 Å². The van der Waals surface area contributed by atoms with Crippen LogP contribution in [0.4, 0.5) is 0 Å². The maximum atomic E-state index is 4.39. The first-order valence-electron chi connectivity index (χ1n) is 8.96. The maximum Gasteiger partial charge on any atom is 0.0175 e. The molecule has 0 heterocycles. The average Bonchev–Trinajstić information content (AvgIpc) is 2.50. The second-order valence-corrected chi connectivity index (χ2v) is 9.10. The summed E-state index contributed by atoms with van der Waals surface area (Å²) >= 11 is 3.53. The van der Waals surface area contributed by atoms with Crippen molar-refractivity contribution in [3.63, 3.8) is 0 Å². The van der Waals surface area contributed by atoms with Gasteiger partial charge in [-0.05, 0) is 54.7 Å². The Morgan fingerprint density at radius 2 is 1.78 bits per heavy atom. The van der Waals surface area contributed by atoms with Crippen molar-refractivity contribution >= 4 is 15.9 Å². The molecule has 0 aromatic heterocycles. The highest BCUT2D eigenvalue weighted by Crippen LogP contribution is 2.35. The van der Waals surface area contributed by atoms with Gasteiger partial charge in [0.25, 0.3) is 0 Å². The molecule has 1 atom stereocenters. The summed E-state index contributed by atoms with van der Waals surface area (Å²) in [6.45, 7) is 14.7. The van der Waals surface area contributed by atoms with E-state index in [2.05, 4.69) is 79.8 Å². The first-order valence-corrected chi connectivity index (χ1v) is 9.75. The molecule has 1 aromatic rings. The third-order valence-electron chi connectivity index (χ3n) is 5.41. The molecule has 1 aliphatic rings. The van der Waals surface area contributed by atoms with E-state index in [-0.39, 0.29) is 0 Å². The average molecular weight is 378 g/mol. The first-order chi connectivity index (χ1) is 10.8. The minimum Gasteiger partial charge on any atom is -0.313 e. The van der Waals surface area contributed by atoms with E-state index in [4.69, 9.17) is 0 Å². The fourth-order valence-electron chi connectivity index (χ4n) is 3.45. The molecule has 0 amide bonds. The SMILES string of the molecule is C=C(C(C)C)[C@H](CNC1CCC(C)(C)CC1)c1ccc(Br)cc1. The Balaban J connectivity index is 2.01. The highest BCUT2D eigenvalue weighted by atomic mass is 79.9. The quantitative estimate of drug-likeness (QED) is 0.573. The van der Waals surface area contributed by atoms with E-state index in [1.165, 1.54) is 36.8 Å². The van der Waals surface area contributed by atoms with Gasteiger partial charge in [0.1, 0.15) is 0 Å². The van der Waals surface area contributed by atoms with Crippen LogP contribution in [0.1, 0.15) is 64.9 Å². The van der Waals surface area contributed by atoms with Crippen molar-refractivity contribution in [2.45, 2.75) is 65.3 Å². The molecule has 0 spiro atoms. The Kier molecular flexibility index (Phi) is 6.50. The normalized spacial score (nSPS) is 19.7. The van der Waals surface area contributed by atoms with E-state index in [1.807, 2.05) is 0 Å². The van der Waals surface area contributed by atoms with Crippen LogP contribution in [-0.2, 0) is 0 Å². The molecule has 1 nitrogen and oxygen atoms in total. The van der Waals surface area contributed by atoms with Crippen LogP contribution in [0.5, 0.6) is 0 Å². The Bertz CT molecular complexity index is 505. The van der Waals surface area contributed by atoms with Gasteiger partial charge in [-0.1, -0.05) is 67.9 Å². The highest BCUT2D eigenvalue weighted by molar-refractivity contribution is 9.10. The summed E-state index contributed by atoms with van der Waals surface area (Å²) in [6.07, 6.45) is 5.26. The Hall–Kier alpha value is -0.600. The van der Waals surface area contributed by atoms with Crippen LogP contribution in [0, 0.1) is 11.3 Å². The molecule has 0 unspecified atom stereocenters. The molecule has 1 aliphatic carbocycles. The van der Waals surface area contributed by atoms with E-state index in [0.29, 0.717) is 23.3 Å². The second kappa shape index (κ2) is 7.98. The molecule has 1 N–H and O–H groups in total. The molecule has 0 saturated heterocycles. The van der Waals surface area contributed by atoms with Crippen molar-refractivity contribution in [3.05, 3.63) is 46.5 Å². The zero-order chi connectivity index (χ0) is 17.0. The lowest BCUT2D eigenvalue weighted by atomic mass is 9.75. The van der Waals surface area contributed by atoms with Crippen molar-refractivity contribution in [1.29, 1.82) is 0 Å². The van der Waals surface area contributed by atoms with Crippen LogP contribution in [0.2, 0.25) is 0 Å². The first kappa shape index (κ1) is 18.7. The van der Waals surface area contributed by atoms with Gasteiger partial charge >= 0.3 is 0 Å². The van der Waals surface area contributed by atoms with Crippen LogP contribution >= 0.6 is 15.9 Å². The molecule has 1 saturated carbocycles. The minimum absolute atomic E-state index is 0.401. The lowest BCUT2D eigenvalue weighted by Crippen LogP contribution is -2.38. The second-order valence-electron chi connectivity index (χ2n) is 8.18. The molecule has 1 aromatic carbocycles. The van der Waals surface area contributed by atoms with Gasteiger partial charge in [-0.15, -0.1) is 0 Å². The van der Waals surface area contributed by atoms with E-state index in [1.54, 1.807) is 0 Å². The minimum atomic E-state index is 0.401. The summed E-state index contributed by atoms with van der Waals surface area (Å²) in [7, 11) is 0. The number of halogens is 1. The van der Waals surface area contributed by atoms with Gasteiger partial charge in [0.15, 0.2) is 0 Å². The number of rotatable bonds is 6. The maximum absolute atomic E-state index is 4.39. The van der Waals surface area contributed by atoms with Gasteiger partial charge in [0, 0.05) is 23.0 Å². The summed E-state index contributed by atoms with van der Waals surface area (Å²) in [5.74, 6) is 0.911.